The summed E-state index contributed by atoms with van der Waals surface area (Å²) < 4.78 is 33.7. The highest BCUT2D eigenvalue weighted by atomic mass is 32.2. The number of benzene rings is 2. The number of nitrogens with zero attached hydrogens (tertiary/aromatic N) is 1. The summed E-state index contributed by atoms with van der Waals surface area (Å²) in [7, 11) is -2.20. The van der Waals surface area contributed by atoms with Crippen LogP contribution in [0, 0.1) is 18.8 Å². The molecule has 1 saturated heterocycles. The number of rotatable bonds is 7. The predicted molar refractivity (Wildman–Crippen MR) is 119 cm³/mol. The monoisotopic (exact) mass is 456 g/mol. The molecule has 1 aliphatic carbocycles. The van der Waals surface area contributed by atoms with E-state index in [1.54, 1.807) is 56.5 Å². The Bertz CT molecular complexity index is 1100. The number of hydrogen-bond donors (Lipinski definition) is 1. The van der Waals surface area contributed by atoms with Crippen molar-refractivity contribution in [1.29, 1.82) is 0 Å². The van der Waals surface area contributed by atoms with Crippen LogP contribution < -0.4 is 9.46 Å². The van der Waals surface area contributed by atoms with Gasteiger partial charge in [-0.05, 0) is 54.7 Å². The smallest absolute Gasteiger partial charge is 0.241 e. The summed E-state index contributed by atoms with van der Waals surface area (Å²) in [4.78, 5) is 27.0. The van der Waals surface area contributed by atoms with Gasteiger partial charge in [0.1, 0.15) is 5.75 Å². The number of carbonyl (C=O) groups is 2. The van der Waals surface area contributed by atoms with Crippen LogP contribution in [0.3, 0.4) is 0 Å². The van der Waals surface area contributed by atoms with Crippen molar-refractivity contribution in [3.8, 4) is 5.75 Å². The van der Waals surface area contributed by atoms with Gasteiger partial charge in [-0.3, -0.25) is 14.5 Å². The minimum atomic E-state index is -3.78. The second-order valence-electron chi connectivity index (χ2n) is 8.53. The molecule has 0 radical (unpaired) electrons. The molecule has 2 aromatic carbocycles. The average molecular weight is 457 g/mol. The molecule has 2 atom stereocenters. The van der Waals surface area contributed by atoms with Gasteiger partial charge in [0.2, 0.25) is 21.8 Å². The highest BCUT2D eigenvalue weighted by molar-refractivity contribution is 7.89. The molecule has 1 heterocycles. The van der Waals surface area contributed by atoms with E-state index in [2.05, 4.69) is 4.72 Å². The predicted octanol–water partition coefficient (Wildman–Crippen LogP) is 3.16. The average Bonchev–Trinajstić information content (AvgIpc) is 3.04. The van der Waals surface area contributed by atoms with Gasteiger partial charge in [-0.2, -0.15) is 0 Å². The first kappa shape index (κ1) is 22.5. The van der Waals surface area contributed by atoms with Crippen molar-refractivity contribution in [2.75, 3.05) is 7.11 Å². The van der Waals surface area contributed by atoms with E-state index in [4.69, 9.17) is 4.74 Å². The van der Waals surface area contributed by atoms with Crippen LogP contribution in [0.4, 0.5) is 0 Å². The van der Waals surface area contributed by atoms with Crippen LogP contribution in [-0.2, 0) is 32.7 Å². The Kier molecular flexibility index (Phi) is 6.35. The van der Waals surface area contributed by atoms with Crippen molar-refractivity contribution in [3.63, 3.8) is 0 Å². The van der Waals surface area contributed by atoms with E-state index in [1.807, 2.05) is 0 Å². The molecule has 2 fully saturated rings. The number of hydrogen-bond acceptors (Lipinski definition) is 5. The van der Waals surface area contributed by atoms with Gasteiger partial charge in [0.15, 0.2) is 0 Å². The molecule has 0 aromatic heterocycles. The maximum absolute atomic E-state index is 13.0. The molecule has 0 unspecified atom stereocenters. The number of likely N-dealkylation sites (tertiary alicyclic amines) is 1. The lowest BCUT2D eigenvalue weighted by Gasteiger charge is -2.19. The topological polar surface area (TPSA) is 92.8 Å². The van der Waals surface area contributed by atoms with Crippen LogP contribution in [0.25, 0.3) is 0 Å². The lowest BCUT2D eigenvalue weighted by molar-refractivity contribution is -0.140. The number of aryl methyl sites for hydroxylation is 1. The molecule has 32 heavy (non-hydrogen) atoms. The fourth-order valence-electron chi connectivity index (χ4n) is 4.60. The van der Waals surface area contributed by atoms with Crippen molar-refractivity contribution in [1.82, 2.24) is 9.62 Å². The lowest BCUT2D eigenvalue weighted by Crippen LogP contribution is -2.30. The molecule has 2 aliphatic rings. The normalized spacial score (nSPS) is 21.0. The number of sulfonamides is 1. The molecule has 0 spiro atoms. The molecule has 1 aliphatic heterocycles. The van der Waals surface area contributed by atoms with Crippen LogP contribution in [-0.4, -0.2) is 32.2 Å². The van der Waals surface area contributed by atoms with Gasteiger partial charge in [0, 0.05) is 6.54 Å². The number of fused-ring (bicyclic) bond motifs is 1. The molecule has 4 rings (SSSR count). The fraction of sp³-hybridized carbons (Fsp3) is 0.417. The molecular formula is C24H28N2O5S. The Hall–Kier alpha value is -2.71. The first-order valence-corrected chi connectivity index (χ1v) is 12.4. The number of carbonyl (C=O) groups excluding carboxylic acids is 2. The maximum Gasteiger partial charge on any atom is 0.241 e. The first-order valence-electron chi connectivity index (χ1n) is 10.9. The fourth-order valence-corrected chi connectivity index (χ4v) is 5.91. The molecule has 8 heteroatoms. The Morgan fingerprint density at radius 1 is 0.969 bits per heavy atom. The van der Waals surface area contributed by atoms with E-state index < -0.39 is 10.0 Å². The summed E-state index contributed by atoms with van der Waals surface area (Å²) in [5, 5.41) is 0. The van der Waals surface area contributed by atoms with Gasteiger partial charge >= 0.3 is 0 Å². The van der Waals surface area contributed by atoms with Crippen LogP contribution in [0.2, 0.25) is 0 Å². The van der Waals surface area contributed by atoms with E-state index in [9.17, 15) is 18.0 Å². The molecule has 7 nitrogen and oxygen atoms in total. The van der Waals surface area contributed by atoms with E-state index >= 15 is 0 Å². The minimum absolute atomic E-state index is 0.103. The number of nitrogens with one attached hydrogen (secondary N) is 1. The Morgan fingerprint density at radius 2 is 1.56 bits per heavy atom. The van der Waals surface area contributed by atoms with Crippen LogP contribution in [0.1, 0.15) is 42.4 Å². The van der Waals surface area contributed by atoms with Crippen molar-refractivity contribution in [2.24, 2.45) is 11.8 Å². The summed E-state index contributed by atoms with van der Waals surface area (Å²) in [6, 6.07) is 12.2. The largest absolute Gasteiger partial charge is 0.497 e. The van der Waals surface area contributed by atoms with E-state index in [-0.39, 0.29) is 41.6 Å². The highest BCUT2D eigenvalue weighted by Gasteiger charge is 2.47. The van der Waals surface area contributed by atoms with Gasteiger partial charge in [0.25, 0.3) is 0 Å². The summed E-state index contributed by atoms with van der Waals surface area (Å²) in [6.45, 7) is 1.97. The molecular weight excluding hydrogens is 428 g/mol. The lowest BCUT2D eigenvalue weighted by atomic mass is 9.81. The molecule has 0 bridgehead atoms. The van der Waals surface area contributed by atoms with Gasteiger partial charge in [0.05, 0.1) is 30.4 Å². The number of methoxy groups -OCH3 is 1. The third-order valence-corrected chi connectivity index (χ3v) is 7.98. The highest BCUT2D eigenvalue weighted by Crippen LogP contribution is 2.38. The second kappa shape index (κ2) is 9.03. The van der Waals surface area contributed by atoms with Gasteiger partial charge in [-0.1, -0.05) is 37.1 Å². The third kappa shape index (κ3) is 4.42. The SMILES string of the molecule is COc1ccc(CNS(=O)(=O)c2cc(CN3C(=O)[C@@H]4CCCC[C@H]4C3=O)ccc2C)cc1. The maximum atomic E-state index is 13.0. The van der Waals surface area contributed by atoms with E-state index in [0.717, 1.165) is 31.2 Å². The van der Waals surface area contributed by atoms with Crippen molar-refractivity contribution < 1.29 is 22.7 Å². The summed E-state index contributed by atoms with van der Waals surface area (Å²) in [5.74, 6) is 0.0303. The third-order valence-electron chi connectivity index (χ3n) is 6.44. The van der Waals surface area contributed by atoms with Crippen molar-refractivity contribution in [2.45, 2.75) is 50.6 Å². The van der Waals surface area contributed by atoms with Crippen molar-refractivity contribution in [3.05, 3.63) is 59.2 Å². The van der Waals surface area contributed by atoms with Crippen LogP contribution in [0.15, 0.2) is 47.4 Å². The zero-order valence-corrected chi connectivity index (χ0v) is 19.2. The van der Waals surface area contributed by atoms with E-state index in [1.165, 1.54) is 4.90 Å². The molecule has 170 valence electrons. The van der Waals surface area contributed by atoms with Gasteiger partial charge in [-0.15, -0.1) is 0 Å². The summed E-state index contributed by atoms with van der Waals surface area (Å²) >= 11 is 0. The zero-order valence-electron chi connectivity index (χ0n) is 18.3. The number of ether oxygens (including phenoxy) is 1. The molecule has 2 amide bonds. The first-order chi connectivity index (χ1) is 15.3. The summed E-state index contributed by atoms with van der Waals surface area (Å²) in [5.41, 5.74) is 2.03. The van der Waals surface area contributed by atoms with Gasteiger partial charge < -0.3 is 4.74 Å². The quantitative estimate of drug-likeness (QED) is 0.646. The standard InChI is InChI=1S/C24H28N2O5S/c1-16-7-8-18(15-26-23(27)20-5-3-4-6-21(20)24(26)28)13-22(16)32(29,30)25-14-17-9-11-19(31-2)12-10-17/h7-13,20-21,25H,3-6,14-15H2,1-2H3/t20-,21-/m1/s1. The Morgan fingerprint density at radius 3 is 2.16 bits per heavy atom. The summed E-state index contributed by atoms with van der Waals surface area (Å²) in [6.07, 6.45) is 3.46. The molecule has 1 N–H and O–H groups in total. The van der Waals surface area contributed by atoms with Gasteiger partial charge in [-0.25, -0.2) is 13.1 Å². The second-order valence-corrected chi connectivity index (χ2v) is 10.3. The van der Waals surface area contributed by atoms with E-state index in [0.29, 0.717) is 16.9 Å². The Labute approximate surface area is 188 Å². The van der Waals surface area contributed by atoms with Crippen LogP contribution >= 0.6 is 0 Å². The van der Waals surface area contributed by atoms with Crippen LogP contribution in [0.5, 0.6) is 5.75 Å². The number of imide groups is 1. The Balaban J connectivity index is 1.50. The number of amides is 2. The molecule has 1 saturated carbocycles. The zero-order chi connectivity index (χ0) is 22.9. The minimum Gasteiger partial charge on any atom is -0.497 e. The van der Waals surface area contributed by atoms with Crippen molar-refractivity contribution >= 4 is 21.8 Å². The molecule has 2 aromatic rings.